The minimum Gasteiger partial charge on any atom is -0.464 e. The topological polar surface area (TPSA) is 91.6 Å². The van der Waals surface area contributed by atoms with Gasteiger partial charge in [-0.15, -0.1) is 0 Å². The monoisotopic (exact) mass is 410 g/mol. The summed E-state index contributed by atoms with van der Waals surface area (Å²) in [6.07, 6.45) is 1.61. The van der Waals surface area contributed by atoms with Crippen molar-refractivity contribution in [1.82, 2.24) is 5.32 Å². The van der Waals surface area contributed by atoms with Crippen LogP contribution in [0.2, 0.25) is 0 Å². The highest BCUT2D eigenvalue weighted by Gasteiger charge is 2.13. The highest BCUT2D eigenvalue weighted by Crippen LogP contribution is 2.25. The molecule has 6 heteroatoms. The largest absolute Gasteiger partial charge is 0.464 e. The third-order valence-electron chi connectivity index (χ3n) is 4.49. The van der Waals surface area contributed by atoms with Gasteiger partial charge >= 0.3 is 0 Å². The van der Waals surface area contributed by atoms with Gasteiger partial charge in [-0.05, 0) is 69.5 Å². The van der Waals surface area contributed by atoms with E-state index in [9.17, 15) is 9.59 Å². The minimum atomic E-state index is -0.254. The van der Waals surface area contributed by atoms with Crippen LogP contribution in [0, 0.1) is 20.8 Å². The summed E-state index contributed by atoms with van der Waals surface area (Å²) in [5.74, 6) is -0.470. The Balaban J connectivity index is 0.000000735. The van der Waals surface area contributed by atoms with Crippen LogP contribution in [0.1, 0.15) is 36.1 Å². The second-order valence-corrected chi connectivity index (χ2v) is 7.60. The van der Waals surface area contributed by atoms with Crippen LogP contribution in [0.5, 0.6) is 0 Å². The molecule has 3 rings (SSSR count). The first-order valence-corrected chi connectivity index (χ1v) is 9.95. The number of carbonyl (C=O) groups is 2. The van der Waals surface area contributed by atoms with Crippen LogP contribution < -0.4 is 10.6 Å². The van der Waals surface area contributed by atoms with Crippen molar-refractivity contribution in [2.75, 3.05) is 11.9 Å². The molecule has 3 N–H and O–H groups in total. The maximum Gasteiger partial charge on any atom is 0.243 e. The molecule has 0 aliphatic heterocycles. The van der Waals surface area contributed by atoms with Crippen LogP contribution >= 0.6 is 0 Å². The number of hydrogen-bond acceptors (Lipinski definition) is 4. The number of fused-ring (bicyclic) bond motifs is 1. The number of amides is 2. The van der Waals surface area contributed by atoms with Crippen molar-refractivity contribution >= 4 is 28.5 Å². The first kappa shape index (κ1) is 23.2. The molecule has 160 valence electrons. The fraction of sp³-hybridized carbons (Fsp3) is 0.333. The molecule has 0 aliphatic carbocycles. The molecule has 0 radical (unpaired) electrons. The van der Waals surface area contributed by atoms with Gasteiger partial charge in [0.25, 0.3) is 0 Å². The molecule has 0 saturated carbocycles. The maximum absolute atomic E-state index is 12.2. The first-order chi connectivity index (χ1) is 14.2. The van der Waals surface area contributed by atoms with Gasteiger partial charge in [-0.1, -0.05) is 18.2 Å². The van der Waals surface area contributed by atoms with Crippen molar-refractivity contribution in [2.45, 2.75) is 47.1 Å². The van der Waals surface area contributed by atoms with Gasteiger partial charge in [0.15, 0.2) is 0 Å². The maximum atomic E-state index is 12.2. The van der Waals surface area contributed by atoms with Crippen molar-refractivity contribution in [3.8, 4) is 0 Å². The van der Waals surface area contributed by atoms with E-state index in [1.807, 2.05) is 57.2 Å². The third-order valence-corrected chi connectivity index (χ3v) is 4.49. The Bertz CT molecular complexity index is 1020. The molecule has 1 aromatic heterocycles. The lowest BCUT2D eigenvalue weighted by atomic mass is 10.0. The molecule has 3 aromatic rings. The highest BCUT2D eigenvalue weighted by molar-refractivity contribution is 5.96. The molecule has 2 amide bonds. The van der Waals surface area contributed by atoms with Gasteiger partial charge < -0.3 is 20.2 Å². The van der Waals surface area contributed by atoms with Gasteiger partial charge in [0, 0.05) is 22.7 Å². The molecule has 1 heterocycles. The minimum absolute atomic E-state index is 0.0684. The van der Waals surface area contributed by atoms with Gasteiger partial charge in [0.1, 0.15) is 5.58 Å². The summed E-state index contributed by atoms with van der Waals surface area (Å²) in [6, 6.07) is 11.5. The van der Waals surface area contributed by atoms with E-state index in [2.05, 4.69) is 10.6 Å². The molecular formula is C24H30N2O4. The number of benzene rings is 2. The third kappa shape index (κ3) is 6.74. The molecule has 0 aliphatic rings. The normalized spacial score (nSPS) is 10.5. The van der Waals surface area contributed by atoms with Crippen LogP contribution in [0.15, 0.2) is 47.1 Å². The summed E-state index contributed by atoms with van der Waals surface area (Å²) in [5, 5.41) is 14.4. The Labute approximate surface area is 177 Å². The summed E-state index contributed by atoms with van der Waals surface area (Å²) in [5.41, 5.74) is 5.61. The van der Waals surface area contributed by atoms with Crippen LogP contribution in [0.4, 0.5) is 5.69 Å². The number of furan rings is 1. The lowest BCUT2D eigenvalue weighted by Gasteiger charge is -2.09. The zero-order valence-electron chi connectivity index (χ0n) is 18.2. The molecule has 30 heavy (non-hydrogen) atoms. The average Bonchev–Trinajstić information content (AvgIpc) is 3.03. The van der Waals surface area contributed by atoms with E-state index < -0.39 is 0 Å². The number of nitrogens with one attached hydrogen (secondary N) is 2. The van der Waals surface area contributed by atoms with E-state index >= 15 is 0 Å². The summed E-state index contributed by atoms with van der Waals surface area (Å²) in [7, 11) is 0. The Morgan fingerprint density at radius 1 is 1.00 bits per heavy atom. The van der Waals surface area contributed by atoms with Gasteiger partial charge in [0.2, 0.25) is 11.8 Å². The zero-order valence-corrected chi connectivity index (χ0v) is 18.2. The Kier molecular flexibility index (Phi) is 8.18. The second kappa shape index (κ2) is 10.6. The molecule has 0 atom stereocenters. The van der Waals surface area contributed by atoms with Crippen molar-refractivity contribution in [2.24, 2.45) is 0 Å². The average molecular weight is 411 g/mol. The molecule has 0 saturated heterocycles. The molecular weight excluding hydrogens is 380 g/mol. The number of rotatable bonds is 5. The standard InChI is InChI=1S/C21H22N2O3.C3H8O/c1-13-6-4-5-7-18(13)23-21(25)11-22-20(24)10-16-12-26-19-9-15(3)14(2)8-17(16)19;1-3(2)4/h4-9,12H,10-11H2,1-3H3,(H,22,24)(H,23,25);3-4H,1-2H3. The number of anilines is 1. The number of aliphatic hydroxyl groups is 1. The van der Waals surface area contributed by atoms with E-state index in [1.165, 1.54) is 0 Å². The first-order valence-electron chi connectivity index (χ1n) is 9.95. The SMILES string of the molecule is CC(C)O.Cc1cc2occ(CC(=O)NCC(=O)Nc3ccccc3C)c2cc1C. The molecule has 0 fully saturated rings. The van der Waals surface area contributed by atoms with Crippen LogP contribution in [-0.4, -0.2) is 29.6 Å². The van der Waals surface area contributed by atoms with Crippen LogP contribution in [-0.2, 0) is 16.0 Å². The molecule has 6 nitrogen and oxygen atoms in total. The Morgan fingerprint density at radius 2 is 1.63 bits per heavy atom. The number of carbonyl (C=O) groups excluding carboxylic acids is 2. The van der Waals surface area contributed by atoms with Crippen molar-refractivity contribution < 1.29 is 19.1 Å². The Morgan fingerprint density at radius 3 is 2.30 bits per heavy atom. The summed E-state index contributed by atoms with van der Waals surface area (Å²) >= 11 is 0. The van der Waals surface area contributed by atoms with Gasteiger partial charge in [-0.3, -0.25) is 9.59 Å². The summed E-state index contributed by atoms with van der Waals surface area (Å²) in [4.78, 5) is 24.2. The quantitative estimate of drug-likeness (QED) is 0.592. The van der Waals surface area contributed by atoms with E-state index in [1.54, 1.807) is 20.1 Å². The van der Waals surface area contributed by atoms with Crippen molar-refractivity contribution in [3.63, 3.8) is 0 Å². The number of hydrogen-bond donors (Lipinski definition) is 3. The molecule has 2 aromatic carbocycles. The van der Waals surface area contributed by atoms with Gasteiger partial charge in [-0.25, -0.2) is 0 Å². The number of aliphatic hydroxyl groups excluding tert-OH is 1. The van der Waals surface area contributed by atoms with E-state index in [4.69, 9.17) is 9.52 Å². The Hall–Kier alpha value is -3.12. The second-order valence-electron chi connectivity index (χ2n) is 7.60. The fourth-order valence-electron chi connectivity index (χ4n) is 2.80. The lowest BCUT2D eigenvalue weighted by Crippen LogP contribution is -2.33. The summed E-state index contributed by atoms with van der Waals surface area (Å²) in [6.45, 7) is 9.35. The van der Waals surface area contributed by atoms with E-state index in [-0.39, 0.29) is 30.9 Å². The molecule has 0 unspecified atom stereocenters. The predicted molar refractivity (Wildman–Crippen MR) is 120 cm³/mol. The lowest BCUT2D eigenvalue weighted by molar-refractivity contribution is -0.123. The highest BCUT2D eigenvalue weighted by atomic mass is 16.3. The number of para-hydroxylation sites is 1. The predicted octanol–water partition coefficient (Wildman–Crippen LogP) is 4.04. The van der Waals surface area contributed by atoms with Gasteiger partial charge in [0.05, 0.1) is 19.2 Å². The van der Waals surface area contributed by atoms with E-state index in [0.717, 1.165) is 38.9 Å². The molecule has 0 bridgehead atoms. The zero-order chi connectivity index (χ0) is 22.3. The fourth-order valence-corrected chi connectivity index (χ4v) is 2.80. The van der Waals surface area contributed by atoms with Crippen molar-refractivity contribution in [3.05, 3.63) is 64.9 Å². The smallest absolute Gasteiger partial charge is 0.243 e. The van der Waals surface area contributed by atoms with Crippen LogP contribution in [0.25, 0.3) is 11.0 Å². The van der Waals surface area contributed by atoms with Crippen molar-refractivity contribution in [1.29, 1.82) is 0 Å². The van der Waals surface area contributed by atoms with Gasteiger partial charge in [-0.2, -0.15) is 0 Å². The number of aryl methyl sites for hydroxylation is 3. The van der Waals surface area contributed by atoms with E-state index in [0.29, 0.717) is 0 Å². The molecule has 0 spiro atoms. The summed E-state index contributed by atoms with van der Waals surface area (Å²) < 4.78 is 5.54. The van der Waals surface area contributed by atoms with Crippen LogP contribution in [0.3, 0.4) is 0 Å².